The molecule has 0 saturated carbocycles. The van der Waals surface area contributed by atoms with Crippen LogP contribution >= 0.6 is 0 Å². The molecule has 0 aliphatic heterocycles. The summed E-state index contributed by atoms with van der Waals surface area (Å²) in [6.07, 6.45) is 0. The molecule has 0 spiro atoms. The Hall–Kier alpha value is 0.411. The first-order chi connectivity index (χ1) is 5.06. The molecule has 6 nitrogen and oxygen atoms in total. The second-order valence-corrected chi connectivity index (χ2v) is 5.60. The van der Waals surface area contributed by atoms with E-state index in [1.807, 2.05) is 0 Å². The maximum Gasteiger partial charge on any atom is 0.566 e. The smallest absolute Gasteiger partial charge is 0.410 e. The molecule has 0 saturated heterocycles. The minimum atomic E-state index is -2.53. The summed E-state index contributed by atoms with van der Waals surface area (Å²) >= 11 is 0. The normalized spacial score (nSPS) is 12.0. The lowest BCUT2D eigenvalue weighted by atomic mass is 11.8. The average Bonchev–Trinajstić information content (AvgIpc) is 1.85. The quantitative estimate of drug-likeness (QED) is 0.446. The van der Waals surface area contributed by atoms with Gasteiger partial charge in [-0.15, -0.1) is 0 Å². The third-order valence-electron chi connectivity index (χ3n) is 0.584. The maximum atomic E-state index is 8.83. The Morgan fingerprint density at radius 2 is 1.55 bits per heavy atom. The van der Waals surface area contributed by atoms with Crippen LogP contribution in [0.4, 0.5) is 0 Å². The van der Waals surface area contributed by atoms with Gasteiger partial charge in [0, 0.05) is 7.11 Å². The molecule has 0 aromatic rings. The zero-order valence-corrected chi connectivity index (χ0v) is 9.07. The average molecular weight is 213 g/mol. The molecule has 0 aromatic carbocycles. The van der Waals surface area contributed by atoms with E-state index in [2.05, 4.69) is 12.7 Å². The fourth-order valence-electron chi connectivity index (χ4n) is 0.264. The predicted octanol–water partition coefficient (Wildman–Crippen LogP) is -2.27. The van der Waals surface area contributed by atoms with Gasteiger partial charge in [0.2, 0.25) is 0 Å². The van der Waals surface area contributed by atoms with Gasteiger partial charge >= 0.3 is 28.3 Å². The zero-order chi connectivity index (χ0) is 8.85. The van der Waals surface area contributed by atoms with Gasteiger partial charge in [-0.3, -0.25) is 0 Å². The molecule has 11 heavy (non-hydrogen) atoms. The summed E-state index contributed by atoms with van der Waals surface area (Å²) in [5.74, 6) is 0. The van der Waals surface area contributed by atoms with Crippen LogP contribution < -0.4 is 0 Å². The van der Waals surface area contributed by atoms with Gasteiger partial charge in [0.05, 0.1) is 0 Å². The van der Waals surface area contributed by atoms with Gasteiger partial charge < -0.3 is 27.0 Å². The summed E-state index contributed by atoms with van der Waals surface area (Å²) in [7, 11) is -5.65. The summed E-state index contributed by atoms with van der Waals surface area (Å²) in [5.41, 5.74) is 0. The van der Waals surface area contributed by atoms with Gasteiger partial charge in [-0.25, -0.2) is 0 Å². The highest BCUT2D eigenvalue weighted by molar-refractivity contribution is 6.58. The van der Waals surface area contributed by atoms with E-state index in [1.54, 1.807) is 0 Å². The molecule has 0 atom stereocenters. The molecule has 0 amide bonds. The molecule has 0 aromatic heterocycles. The van der Waals surface area contributed by atoms with Crippen LogP contribution in [0.3, 0.4) is 0 Å². The SMILES string of the molecule is CO[Si](O)O[Si](O)O[Si](C)O. The van der Waals surface area contributed by atoms with E-state index in [0.29, 0.717) is 0 Å². The van der Waals surface area contributed by atoms with Crippen molar-refractivity contribution in [2.75, 3.05) is 7.11 Å². The fourth-order valence-corrected chi connectivity index (χ4v) is 2.75. The molecule has 0 aliphatic rings. The Kier molecular flexibility index (Phi) is 6.21. The van der Waals surface area contributed by atoms with Gasteiger partial charge in [-0.1, -0.05) is 0 Å². The molecule has 9 heteroatoms. The largest absolute Gasteiger partial charge is 0.566 e. The first-order valence-electron chi connectivity index (χ1n) is 2.60. The second-order valence-electron chi connectivity index (χ2n) is 1.46. The van der Waals surface area contributed by atoms with E-state index in [9.17, 15) is 0 Å². The molecule has 0 heterocycles. The minimum Gasteiger partial charge on any atom is -0.410 e. The summed E-state index contributed by atoms with van der Waals surface area (Å²) in [6.45, 7) is 1.42. The van der Waals surface area contributed by atoms with E-state index >= 15 is 0 Å². The molecule has 0 aliphatic carbocycles. The number of hydrogen-bond acceptors (Lipinski definition) is 6. The molecule has 65 valence electrons. The van der Waals surface area contributed by atoms with Gasteiger partial charge in [-0.05, 0) is 6.55 Å². The lowest BCUT2D eigenvalue weighted by molar-refractivity contribution is 0.186. The number of hydrogen-bond donors (Lipinski definition) is 3. The summed E-state index contributed by atoms with van der Waals surface area (Å²) in [5, 5.41) is 0. The highest BCUT2D eigenvalue weighted by Crippen LogP contribution is 1.90. The Bertz CT molecular complexity index is 99.8. The maximum absolute atomic E-state index is 8.83. The van der Waals surface area contributed by atoms with E-state index in [0.717, 1.165) is 0 Å². The van der Waals surface area contributed by atoms with Gasteiger partial charge in [0.15, 0.2) is 0 Å². The van der Waals surface area contributed by atoms with Gasteiger partial charge in [0.1, 0.15) is 0 Å². The molecule has 3 radical (unpaired) electrons. The molecule has 0 bridgehead atoms. The van der Waals surface area contributed by atoms with Crippen LogP contribution in [0.5, 0.6) is 0 Å². The molecular weight excluding hydrogens is 204 g/mol. The van der Waals surface area contributed by atoms with E-state index in [1.165, 1.54) is 13.7 Å². The Labute approximate surface area is 69.7 Å². The predicted molar refractivity (Wildman–Crippen MR) is 39.0 cm³/mol. The lowest BCUT2D eigenvalue weighted by Crippen LogP contribution is -2.37. The van der Waals surface area contributed by atoms with Crippen molar-refractivity contribution < 1.29 is 27.0 Å². The van der Waals surface area contributed by atoms with Crippen LogP contribution in [0.25, 0.3) is 0 Å². The molecule has 3 N–H and O–H groups in total. The topological polar surface area (TPSA) is 88.4 Å². The lowest BCUT2D eigenvalue weighted by Gasteiger charge is -2.10. The van der Waals surface area contributed by atoms with Crippen LogP contribution in [0.2, 0.25) is 6.55 Å². The summed E-state index contributed by atoms with van der Waals surface area (Å²) in [6, 6.07) is 0. The first-order valence-corrected chi connectivity index (χ1v) is 6.98. The van der Waals surface area contributed by atoms with Crippen molar-refractivity contribution in [3.05, 3.63) is 0 Å². The van der Waals surface area contributed by atoms with Crippen molar-refractivity contribution in [3.8, 4) is 0 Å². The zero-order valence-electron chi connectivity index (χ0n) is 6.07. The van der Waals surface area contributed by atoms with Crippen LogP contribution in [-0.4, -0.2) is 49.8 Å². The van der Waals surface area contributed by atoms with E-state index in [-0.39, 0.29) is 0 Å². The highest BCUT2D eigenvalue weighted by atomic mass is 28.4. The Morgan fingerprint density at radius 1 is 1.00 bits per heavy atom. The van der Waals surface area contributed by atoms with Crippen molar-refractivity contribution in [2.45, 2.75) is 6.55 Å². The van der Waals surface area contributed by atoms with Crippen LogP contribution in [0, 0.1) is 0 Å². The summed E-state index contributed by atoms with van der Waals surface area (Å²) in [4.78, 5) is 26.2. The van der Waals surface area contributed by atoms with Gasteiger partial charge in [-0.2, -0.15) is 0 Å². The van der Waals surface area contributed by atoms with Crippen LogP contribution in [0.15, 0.2) is 0 Å². The second kappa shape index (κ2) is 5.99. The third-order valence-corrected chi connectivity index (χ3v) is 4.21. The molecular formula is C2H9O6Si3. The van der Waals surface area contributed by atoms with Crippen molar-refractivity contribution in [2.24, 2.45) is 0 Å². The van der Waals surface area contributed by atoms with Crippen molar-refractivity contribution >= 4 is 28.3 Å². The molecule has 0 rings (SSSR count). The third kappa shape index (κ3) is 6.79. The Morgan fingerprint density at radius 3 is 1.91 bits per heavy atom. The minimum absolute atomic E-state index is 1.25. The van der Waals surface area contributed by atoms with E-state index < -0.39 is 28.3 Å². The number of rotatable bonds is 5. The van der Waals surface area contributed by atoms with Crippen molar-refractivity contribution in [3.63, 3.8) is 0 Å². The first kappa shape index (κ1) is 11.4. The summed E-state index contributed by atoms with van der Waals surface area (Å²) < 4.78 is 13.3. The highest BCUT2D eigenvalue weighted by Gasteiger charge is 2.25. The Balaban J connectivity index is 3.43. The van der Waals surface area contributed by atoms with E-state index in [4.69, 9.17) is 14.4 Å². The monoisotopic (exact) mass is 213 g/mol. The fraction of sp³-hybridized carbons (Fsp3) is 1.00. The van der Waals surface area contributed by atoms with Crippen LogP contribution in [-0.2, 0) is 12.7 Å². The van der Waals surface area contributed by atoms with Gasteiger partial charge in [0.25, 0.3) is 0 Å². The molecule has 0 fully saturated rings. The van der Waals surface area contributed by atoms with Crippen molar-refractivity contribution in [1.82, 2.24) is 0 Å². The standard InChI is InChI=1S/C2H9O6Si3/c1-6-10(4)8-11(5)7-9(2)3/h3-5H,1-2H3. The molecule has 0 unspecified atom stereocenters. The van der Waals surface area contributed by atoms with Crippen LogP contribution in [0.1, 0.15) is 0 Å². The van der Waals surface area contributed by atoms with Crippen molar-refractivity contribution in [1.29, 1.82) is 0 Å².